The molecule has 1 rings (SSSR count). The molecule has 20 heavy (non-hydrogen) atoms. The van der Waals surface area contributed by atoms with Gasteiger partial charge in [0.15, 0.2) is 0 Å². The monoisotopic (exact) mass is 279 g/mol. The van der Waals surface area contributed by atoms with E-state index in [1.54, 1.807) is 31.2 Å². The molecule has 0 fully saturated rings. The molecule has 0 saturated carbocycles. The number of ether oxygens (including phenoxy) is 1. The first-order valence-corrected chi connectivity index (χ1v) is 6.74. The van der Waals surface area contributed by atoms with Gasteiger partial charge in [0.1, 0.15) is 5.75 Å². The second-order valence-corrected chi connectivity index (χ2v) is 4.54. The molecule has 0 heterocycles. The first-order valence-electron chi connectivity index (χ1n) is 6.74. The van der Waals surface area contributed by atoms with Gasteiger partial charge in [-0.3, -0.25) is 9.59 Å². The van der Waals surface area contributed by atoms with Crippen LogP contribution in [0.2, 0.25) is 0 Å². The van der Waals surface area contributed by atoms with Gasteiger partial charge in [-0.15, -0.1) is 0 Å². The largest absolute Gasteiger partial charge is 0.494 e. The molecule has 5 heteroatoms. The molecule has 1 unspecified atom stereocenters. The summed E-state index contributed by atoms with van der Waals surface area (Å²) in [6.45, 7) is 6.58. The van der Waals surface area contributed by atoms with E-state index < -0.39 is 11.9 Å². The summed E-state index contributed by atoms with van der Waals surface area (Å²) >= 11 is 0. The van der Waals surface area contributed by atoms with Crippen LogP contribution in [0.1, 0.15) is 31.1 Å². The van der Waals surface area contributed by atoms with Gasteiger partial charge in [0.25, 0.3) is 5.91 Å². The third-order valence-corrected chi connectivity index (χ3v) is 3.00. The highest BCUT2D eigenvalue weighted by Crippen LogP contribution is 2.14. The number of rotatable bonds is 7. The van der Waals surface area contributed by atoms with Crippen LogP contribution in [0.4, 0.5) is 0 Å². The minimum absolute atomic E-state index is 0.163. The van der Waals surface area contributed by atoms with Crippen molar-refractivity contribution in [3.05, 3.63) is 29.8 Å². The zero-order chi connectivity index (χ0) is 15.1. The Kier molecular flexibility index (Phi) is 6.03. The van der Waals surface area contributed by atoms with E-state index in [0.717, 1.165) is 0 Å². The van der Waals surface area contributed by atoms with E-state index in [1.165, 1.54) is 4.90 Å². The Bertz CT molecular complexity index is 455. The van der Waals surface area contributed by atoms with Crippen LogP contribution in [0.5, 0.6) is 5.75 Å². The SMILES string of the molecule is CCOc1ccc(C(=O)N(CC)CC(C)C(=O)O)cc1. The van der Waals surface area contributed by atoms with E-state index in [2.05, 4.69) is 0 Å². The molecular weight excluding hydrogens is 258 g/mol. The molecule has 0 aliphatic rings. The Morgan fingerprint density at radius 2 is 1.85 bits per heavy atom. The summed E-state index contributed by atoms with van der Waals surface area (Å²) in [6, 6.07) is 6.87. The summed E-state index contributed by atoms with van der Waals surface area (Å²) in [4.78, 5) is 24.7. The Morgan fingerprint density at radius 1 is 1.25 bits per heavy atom. The summed E-state index contributed by atoms with van der Waals surface area (Å²) in [6.07, 6.45) is 0. The van der Waals surface area contributed by atoms with Crippen LogP contribution in [-0.2, 0) is 4.79 Å². The minimum atomic E-state index is -0.900. The summed E-state index contributed by atoms with van der Waals surface area (Å²) in [5.74, 6) is -0.931. The number of carbonyl (C=O) groups excluding carboxylic acids is 1. The highest BCUT2D eigenvalue weighted by molar-refractivity contribution is 5.94. The van der Waals surface area contributed by atoms with Gasteiger partial charge in [-0.05, 0) is 38.1 Å². The summed E-state index contributed by atoms with van der Waals surface area (Å²) in [7, 11) is 0. The topological polar surface area (TPSA) is 66.8 Å². The van der Waals surface area contributed by atoms with Crippen molar-refractivity contribution in [3.8, 4) is 5.75 Å². The van der Waals surface area contributed by atoms with Crippen LogP contribution in [0.25, 0.3) is 0 Å². The maximum Gasteiger partial charge on any atom is 0.308 e. The molecule has 0 aliphatic heterocycles. The second kappa shape index (κ2) is 7.53. The van der Waals surface area contributed by atoms with Crippen molar-refractivity contribution in [3.63, 3.8) is 0 Å². The first-order chi connectivity index (χ1) is 9.49. The molecule has 110 valence electrons. The lowest BCUT2D eigenvalue weighted by Crippen LogP contribution is -2.36. The van der Waals surface area contributed by atoms with Crippen molar-refractivity contribution < 1.29 is 19.4 Å². The van der Waals surface area contributed by atoms with E-state index in [0.29, 0.717) is 24.5 Å². The third kappa shape index (κ3) is 4.26. The smallest absolute Gasteiger partial charge is 0.308 e. The molecule has 0 aliphatic carbocycles. The first kappa shape index (κ1) is 16.0. The number of hydrogen-bond acceptors (Lipinski definition) is 3. The zero-order valence-electron chi connectivity index (χ0n) is 12.1. The Balaban J connectivity index is 2.77. The fraction of sp³-hybridized carbons (Fsp3) is 0.467. The molecule has 1 aromatic carbocycles. The van der Waals surface area contributed by atoms with E-state index in [4.69, 9.17) is 9.84 Å². The highest BCUT2D eigenvalue weighted by Gasteiger charge is 2.20. The molecule has 0 saturated heterocycles. The van der Waals surface area contributed by atoms with Crippen molar-refractivity contribution in [1.29, 1.82) is 0 Å². The molecular formula is C15H21NO4. The molecule has 0 bridgehead atoms. The van der Waals surface area contributed by atoms with Crippen molar-refractivity contribution >= 4 is 11.9 Å². The molecule has 5 nitrogen and oxygen atoms in total. The van der Waals surface area contributed by atoms with Crippen LogP contribution < -0.4 is 4.74 Å². The number of carbonyl (C=O) groups is 2. The lowest BCUT2D eigenvalue weighted by Gasteiger charge is -2.23. The Labute approximate surface area is 119 Å². The number of nitrogens with zero attached hydrogens (tertiary/aromatic N) is 1. The van der Waals surface area contributed by atoms with Gasteiger partial charge in [-0.1, -0.05) is 6.92 Å². The maximum atomic E-state index is 12.3. The van der Waals surface area contributed by atoms with E-state index in [9.17, 15) is 9.59 Å². The quantitative estimate of drug-likeness (QED) is 0.831. The molecule has 1 amide bonds. The van der Waals surface area contributed by atoms with Crippen LogP contribution in [-0.4, -0.2) is 41.6 Å². The van der Waals surface area contributed by atoms with E-state index in [1.807, 2.05) is 13.8 Å². The van der Waals surface area contributed by atoms with Crippen LogP contribution in [0.3, 0.4) is 0 Å². The summed E-state index contributed by atoms with van der Waals surface area (Å²) in [5, 5.41) is 8.92. The Hall–Kier alpha value is -2.04. The summed E-state index contributed by atoms with van der Waals surface area (Å²) in [5.41, 5.74) is 0.535. The number of amides is 1. The van der Waals surface area contributed by atoms with Crippen molar-refractivity contribution in [2.24, 2.45) is 5.92 Å². The number of hydrogen-bond donors (Lipinski definition) is 1. The molecule has 1 aromatic rings. The maximum absolute atomic E-state index is 12.3. The summed E-state index contributed by atoms with van der Waals surface area (Å²) < 4.78 is 5.32. The number of benzene rings is 1. The number of aliphatic carboxylic acids is 1. The van der Waals surface area contributed by atoms with Gasteiger partial charge in [0.2, 0.25) is 0 Å². The van der Waals surface area contributed by atoms with Gasteiger partial charge in [-0.2, -0.15) is 0 Å². The minimum Gasteiger partial charge on any atom is -0.494 e. The van der Waals surface area contributed by atoms with Gasteiger partial charge in [0.05, 0.1) is 12.5 Å². The number of carboxylic acids is 1. The molecule has 1 N–H and O–H groups in total. The normalized spacial score (nSPS) is 11.8. The molecule has 1 atom stereocenters. The zero-order valence-corrected chi connectivity index (χ0v) is 12.1. The molecule has 0 radical (unpaired) electrons. The number of carboxylic acid groups (broad SMARTS) is 1. The molecule has 0 spiro atoms. The van der Waals surface area contributed by atoms with Gasteiger partial charge >= 0.3 is 5.97 Å². The van der Waals surface area contributed by atoms with E-state index >= 15 is 0 Å². The standard InChI is InChI=1S/C15H21NO4/c1-4-16(10-11(3)15(18)19)14(17)12-6-8-13(9-7-12)20-5-2/h6-9,11H,4-5,10H2,1-3H3,(H,18,19). The van der Waals surface area contributed by atoms with Gasteiger partial charge in [0, 0.05) is 18.7 Å². The average molecular weight is 279 g/mol. The fourth-order valence-corrected chi connectivity index (χ4v) is 1.81. The average Bonchev–Trinajstić information content (AvgIpc) is 2.44. The highest BCUT2D eigenvalue weighted by atomic mass is 16.5. The van der Waals surface area contributed by atoms with Crippen molar-refractivity contribution in [2.75, 3.05) is 19.7 Å². The fourth-order valence-electron chi connectivity index (χ4n) is 1.81. The van der Waals surface area contributed by atoms with Crippen molar-refractivity contribution in [1.82, 2.24) is 4.90 Å². The predicted octanol–water partition coefficient (Wildman–Crippen LogP) is 2.27. The van der Waals surface area contributed by atoms with Crippen LogP contribution in [0, 0.1) is 5.92 Å². The van der Waals surface area contributed by atoms with Crippen LogP contribution >= 0.6 is 0 Å². The second-order valence-electron chi connectivity index (χ2n) is 4.54. The van der Waals surface area contributed by atoms with E-state index in [-0.39, 0.29) is 12.5 Å². The van der Waals surface area contributed by atoms with Crippen molar-refractivity contribution in [2.45, 2.75) is 20.8 Å². The van der Waals surface area contributed by atoms with Gasteiger partial charge < -0.3 is 14.7 Å². The Morgan fingerprint density at radius 3 is 2.30 bits per heavy atom. The predicted molar refractivity (Wildman–Crippen MR) is 76.0 cm³/mol. The lowest BCUT2D eigenvalue weighted by molar-refractivity contribution is -0.141. The third-order valence-electron chi connectivity index (χ3n) is 3.00. The van der Waals surface area contributed by atoms with Gasteiger partial charge in [-0.25, -0.2) is 0 Å². The lowest BCUT2D eigenvalue weighted by atomic mass is 10.1. The molecule has 0 aromatic heterocycles. The van der Waals surface area contributed by atoms with Crippen LogP contribution in [0.15, 0.2) is 24.3 Å².